The van der Waals surface area contributed by atoms with Crippen LogP contribution in [0.5, 0.6) is 0 Å². The predicted molar refractivity (Wildman–Crippen MR) is 110 cm³/mol. The van der Waals surface area contributed by atoms with Crippen LogP contribution in [0.3, 0.4) is 0 Å². The van der Waals surface area contributed by atoms with Crippen molar-refractivity contribution in [2.75, 3.05) is 46.4 Å². The number of amides is 1. The first kappa shape index (κ1) is 21.2. The van der Waals surface area contributed by atoms with E-state index in [0.717, 1.165) is 30.9 Å². The fourth-order valence-corrected chi connectivity index (χ4v) is 3.27. The Bertz CT molecular complexity index is 581. The van der Waals surface area contributed by atoms with Crippen LogP contribution in [-0.4, -0.2) is 63.2 Å². The number of hydrogen-bond acceptors (Lipinski definition) is 3. The monoisotopic (exact) mass is 374 g/mol. The van der Waals surface area contributed by atoms with Crippen molar-refractivity contribution in [1.82, 2.24) is 15.5 Å². The van der Waals surface area contributed by atoms with E-state index in [2.05, 4.69) is 29.5 Å². The summed E-state index contributed by atoms with van der Waals surface area (Å²) in [5.74, 6) is 1.28. The van der Waals surface area contributed by atoms with E-state index in [0.29, 0.717) is 38.8 Å². The summed E-state index contributed by atoms with van der Waals surface area (Å²) >= 11 is 0. The molecule has 1 aromatic rings. The molecule has 6 heteroatoms. The van der Waals surface area contributed by atoms with Crippen LogP contribution in [0.1, 0.15) is 38.2 Å². The Kier molecular flexibility index (Phi) is 9.11. The van der Waals surface area contributed by atoms with Crippen LogP contribution in [0.15, 0.2) is 35.3 Å². The normalized spacial score (nSPS) is 16.3. The maximum absolute atomic E-state index is 13.1. The molecule has 1 unspecified atom stereocenters. The smallest absolute Gasteiger partial charge is 0.232 e. The molecule has 0 spiro atoms. The topological polar surface area (TPSA) is 66.0 Å². The first-order valence-corrected chi connectivity index (χ1v) is 10.1. The summed E-state index contributed by atoms with van der Waals surface area (Å²) in [5.41, 5.74) is 1.02. The molecule has 1 fully saturated rings. The van der Waals surface area contributed by atoms with Gasteiger partial charge in [0, 0.05) is 33.2 Å². The lowest BCUT2D eigenvalue weighted by atomic mass is 9.97. The molecular weight excluding hydrogens is 340 g/mol. The van der Waals surface area contributed by atoms with Crippen LogP contribution in [-0.2, 0) is 9.53 Å². The fourth-order valence-electron chi connectivity index (χ4n) is 3.27. The highest BCUT2D eigenvalue weighted by molar-refractivity contribution is 5.86. The van der Waals surface area contributed by atoms with Crippen LogP contribution in [0.2, 0.25) is 0 Å². The van der Waals surface area contributed by atoms with Crippen LogP contribution in [0.25, 0.3) is 0 Å². The minimum absolute atomic E-state index is 0.146. The number of rotatable bonds is 8. The molecule has 150 valence electrons. The molecule has 1 aliphatic heterocycles. The maximum atomic E-state index is 13.1. The Hall–Kier alpha value is -2.08. The van der Waals surface area contributed by atoms with Crippen molar-refractivity contribution in [1.29, 1.82) is 0 Å². The number of benzene rings is 1. The largest absolute Gasteiger partial charge is 0.378 e. The quantitative estimate of drug-likeness (QED) is 0.541. The molecule has 1 amide bonds. The Balaban J connectivity index is 2.02. The van der Waals surface area contributed by atoms with Crippen LogP contribution in [0, 0.1) is 5.92 Å². The molecule has 0 aromatic heterocycles. The van der Waals surface area contributed by atoms with E-state index in [4.69, 9.17) is 4.74 Å². The predicted octanol–water partition coefficient (Wildman–Crippen LogP) is 2.23. The molecule has 1 aromatic carbocycles. The molecular formula is C21H34N4O2. The highest BCUT2D eigenvalue weighted by Gasteiger charge is 2.27. The van der Waals surface area contributed by atoms with Gasteiger partial charge in [-0.05, 0) is 11.5 Å². The SMILES string of the molecule is CCC(CC)CNC(=NC)NCC(C(=O)N1CCOCC1)c1ccccc1. The molecule has 0 radical (unpaired) electrons. The van der Waals surface area contributed by atoms with Crippen LogP contribution in [0.4, 0.5) is 0 Å². The van der Waals surface area contributed by atoms with Gasteiger partial charge in [-0.3, -0.25) is 9.79 Å². The number of nitrogens with zero attached hydrogens (tertiary/aromatic N) is 2. The molecule has 0 bridgehead atoms. The molecule has 1 atom stereocenters. The summed E-state index contributed by atoms with van der Waals surface area (Å²) < 4.78 is 5.39. The summed E-state index contributed by atoms with van der Waals surface area (Å²) in [4.78, 5) is 19.4. The number of guanidine groups is 1. The number of hydrogen-bond donors (Lipinski definition) is 2. The van der Waals surface area contributed by atoms with Gasteiger partial charge in [-0.25, -0.2) is 0 Å². The van der Waals surface area contributed by atoms with E-state index >= 15 is 0 Å². The third-order valence-corrected chi connectivity index (χ3v) is 5.23. The summed E-state index contributed by atoms with van der Waals surface area (Å²) in [5, 5.41) is 6.74. The number of carbonyl (C=O) groups excluding carboxylic acids is 1. The zero-order chi connectivity index (χ0) is 19.5. The maximum Gasteiger partial charge on any atom is 0.232 e. The van der Waals surface area contributed by atoms with Crippen molar-refractivity contribution in [2.24, 2.45) is 10.9 Å². The highest BCUT2D eigenvalue weighted by Crippen LogP contribution is 2.19. The van der Waals surface area contributed by atoms with Gasteiger partial charge in [0.15, 0.2) is 5.96 Å². The van der Waals surface area contributed by atoms with Gasteiger partial charge in [-0.15, -0.1) is 0 Å². The van der Waals surface area contributed by atoms with Gasteiger partial charge in [0.2, 0.25) is 5.91 Å². The minimum Gasteiger partial charge on any atom is -0.378 e. The van der Waals surface area contributed by atoms with Gasteiger partial charge in [-0.2, -0.15) is 0 Å². The lowest BCUT2D eigenvalue weighted by Gasteiger charge is -2.31. The van der Waals surface area contributed by atoms with Crippen molar-refractivity contribution in [3.05, 3.63) is 35.9 Å². The van der Waals surface area contributed by atoms with Gasteiger partial charge < -0.3 is 20.3 Å². The summed E-state index contributed by atoms with van der Waals surface area (Å²) in [7, 11) is 1.77. The Morgan fingerprint density at radius 2 is 1.74 bits per heavy atom. The summed E-state index contributed by atoms with van der Waals surface area (Å²) in [6.07, 6.45) is 2.28. The number of morpholine rings is 1. The molecule has 1 heterocycles. The molecule has 2 rings (SSSR count). The zero-order valence-corrected chi connectivity index (χ0v) is 16.9. The number of nitrogens with one attached hydrogen (secondary N) is 2. The average Bonchev–Trinajstić information content (AvgIpc) is 2.74. The Morgan fingerprint density at radius 1 is 1.11 bits per heavy atom. The van der Waals surface area contributed by atoms with Gasteiger partial charge in [0.25, 0.3) is 0 Å². The van der Waals surface area contributed by atoms with Crippen LogP contribution >= 0.6 is 0 Å². The summed E-state index contributed by atoms with van der Waals surface area (Å²) in [6, 6.07) is 9.98. The second-order valence-electron chi connectivity index (χ2n) is 6.92. The second-order valence-corrected chi connectivity index (χ2v) is 6.92. The summed E-state index contributed by atoms with van der Waals surface area (Å²) in [6.45, 7) is 8.35. The standard InChI is InChI=1S/C21H34N4O2/c1-4-17(5-2)15-23-21(22-3)24-16-19(18-9-7-6-8-10-18)20(26)25-11-13-27-14-12-25/h6-10,17,19H,4-5,11-16H2,1-3H3,(H2,22,23,24). The molecule has 1 saturated heterocycles. The Morgan fingerprint density at radius 3 is 2.33 bits per heavy atom. The van der Waals surface area contributed by atoms with E-state index in [1.54, 1.807) is 7.05 Å². The minimum atomic E-state index is -0.240. The second kappa shape index (κ2) is 11.6. The van der Waals surface area contributed by atoms with E-state index < -0.39 is 0 Å². The lowest BCUT2D eigenvalue weighted by Crippen LogP contribution is -2.47. The first-order chi connectivity index (χ1) is 13.2. The van der Waals surface area contributed by atoms with E-state index in [1.807, 2.05) is 35.2 Å². The van der Waals surface area contributed by atoms with Crippen LogP contribution < -0.4 is 10.6 Å². The van der Waals surface area contributed by atoms with Gasteiger partial charge >= 0.3 is 0 Å². The molecule has 27 heavy (non-hydrogen) atoms. The molecule has 1 aliphatic rings. The van der Waals surface area contributed by atoms with Crippen molar-refractivity contribution in [2.45, 2.75) is 32.6 Å². The lowest BCUT2D eigenvalue weighted by molar-refractivity contribution is -0.136. The molecule has 0 saturated carbocycles. The van der Waals surface area contributed by atoms with Gasteiger partial charge in [0.05, 0.1) is 19.1 Å². The van der Waals surface area contributed by atoms with Gasteiger partial charge in [0.1, 0.15) is 0 Å². The number of ether oxygens (including phenoxy) is 1. The fraction of sp³-hybridized carbons (Fsp3) is 0.619. The average molecular weight is 375 g/mol. The highest BCUT2D eigenvalue weighted by atomic mass is 16.5. The van der Waals surface area contributed by atoms with Crippen molar-refractivity contribution < 1.29 is 9.53 Å². The van der Waals surface area contributed by atoms with E-state index in [-0.39, 0.29) is 11.8 Å². The zero-order valence-electron chi connectivity index (χ0n) is 16.9. The molecule has 0 aliphatic carbocycles. The van der Waals surface area contributed by atoms with Crippen molar-refractivity contribution >= 4 is 11.9 Å². The molecule has 6 nitrogen and oxygen atoms in total. The van der Waals surface area contributed by atoms with E-state index in [9.17, 15) is 4.79 Å². The van der Waals surface area contributed by atoms with Crippen molar-refractivity contribution in [3.63, 3.8) is 0 Å². The molecule has 2 N–H and O–H groups in total. The third-order valence-electron chi connectivity index (χ3n) is 5.23. The number of carbonyl (C=O) groups is 1. The van der Waals surface area contributed by atoms with Crippen molar-refractivity contribution in [3.8, 4) is 0 Å². The first-order valence-electron chi connectivity index (χ1n) is 10.1. The van der Waals surface area contributed by atoms with Gasteiger partial charge in [-0.1, -0.05) is 57.0 Å². The third kappa shape index (κ3) is 6.54. The number of aliphatic imine (C=N–C) groups is 1. The van der Waals surface area contributed by atoms with E-state index in [1.165, 1.54) is 0 Å². The Labute approximate surface area is 163 Å².